The van der Waals surface area contributed by atoms with Crippen LogP contribution in [0.5, 0.6) is 0 Å². The van der Waals surface area contributed by atoms with Crippen LogP contribution in [0.4, 0.5) is 0 Å². The number of rotatable bonds is 2. The Morgan fingerprint density at radius 3 is 2.46 bits per heavy atom. The summed E-state index contributed by atoms with van der Waals surface area (Å²) in [7, 11) is 1.61. The fraction of sp³-hybridized carbons (Fsp3) is 0.875. The van der Waals surface area contributed by atoms with E-state index in [1.165, 1.54) is 5.23 Å². The van der Waals surface area contributed by atoms with E-state index in [1.807, 2.05) is 13.8 Å². The van der Waals surface area contributed by atoms with Gasteiger partial charge in [-0.15, -0.1) is 0 Å². The summed E-state index contributed by atoms with van der Waals surface area (Å²) < 4.78 is 0. The second-order valence-corrected chi connectivity index (χ2v) is 3.34. The number of nitrogens with one attached hydrogen (secondary N) is 1. The van der Waals surface area contributed by atoms with Crippen molar-refractivity contribution < 1.29 is 14.5 Å². The first-order chi connectivity index (χ1) is 6.12. The van der Waals surface area contributed by atoms with Gasteiger partial charge in [0.1, 0.15) is 0 Å². The number of hydrogen-bond acceptors (Lipinski definition) is 4. The molecule has 0 aromatic rings. The maximum absolute atomic E-state index is 11.4. The van der Waals surface area contributed by atoms with E-state index in [1.54, 1.807) is 7.05 Å². The highest BCUT2D eigenvalue weighted by atomic mass is 17.0. The van der Waals surface area contributed by atoms with Gasteiger partial charge in [-0.3, -0.25) is 14.5 Å². The molecule has 0 aliphatic carbocycles. The molecule has 0 bridgehead atoms. The Morgan fingerprint density at radius 1 is 1.54 bits per heavy atom. The van der Waals surface area contributed by atoms with Gasteiger partial charge in [-0.25, -0.2) is 0 Å². The van der Waals surface area contributed by atoms with E-state index in [-0.39, 0.29) is 5.91 Å². The van der Waals surface area contributed by atoms with E-state index in [4.69, 9.17) is 9.68 Å². The lowest BCUT2D eigenvalue weighted by Gasteiger charge is -2.35. The van der Waals surface area contributed by atoms with Gasteiger partial charge in [0.05, 0.1) is 18.6 Å². The van der Waals surface area contributed by atoms with Crippen molar-refractivity contribution in [2.24, 2.45) is 5.41 Å². The van der Waals surface area contributed by atoms with Crippen molar-refractivity contribution in [1.29, 1.82) is 0 Å². The van der Waals surface area contributed by atoms with E-state index in [9.17, 15) is 4.79 Å². The van der Waals surface area contributed by atoms with Gasteiger partial charge in [-0.05, 0) is 13.8 Å². The lowest BCUT2D eigenvalue weighted by atomic mass is 9.92. The van der Waals surface area contributed by atoms with Gasteiger partial charge < -0.3 is 5.32 Å². The second kappa shape index (κ2) is 4.04. The third kappa shape index (κ3) is 2.18. The Balaban J connectivity index is 2.51. The summed E-state index contributed by atoms with van der Waals surface area (Å²) in [5.74, 6) is -0.0525. The molecule has 5 heteroatoms. The predicted octanol–water partition coefficient (Wildman–Crippen LogP) is -0.0626. The number of amides is 1. The highest BCUT2D eigenvalue weighted by Crippen LogP contribution is 2.23. The first-order valence-electron chi connectivity index (χ1n) is 4.38. The van der Waals surface area contributed by atoms with Gasteiger partial charge in [0, 0.05) is 13.6 Å². The summed E-state index contributed by atoms with van der Waals surface area (Å²) in [5, 5.41) is 3.98. The predicted molar refractivity (Wildman–Crippen MR) is 46.5 cm³/mol. The Bertz CT molecular complexity index is 188. The van der Waals surface area contributed by atoms with Crippen LogP contribution in [0.3, 0.4) is 0 Å². The van der Waals surface area contributed by atoms with Gasteiger partial charge in [-0.1, -0.05) is 5.23 Å². The monoisotopic (exact) mass is 188 g/mol. The fourth-order valence-corrected chi connectivity index (χ4v) is 1.12. The molecule has 0 atom stereocenters. The molecule has 1 saturated heterocycles. The number of carbonyl (C=O) groups excluding carboxylic acids is 1. The zero-order chi connectivity index (χ0) is 9.90. The summed E-state index contributed by atoms with van der Waals surface area (Å²) in [6.45, 7) is 5.12. The third-order valence-corrected chi connectivity index (χ3v) is 2.09. The third-order valence-electron chi connectivity index (χ3n) is 2.09. The van der Waals surface area contributed by atoms with Gasteiger partial charge in [-0.2, -0.15) is 0 Å². The van der Waals surface area contributed by atoms with Crippen molar-refractivity contribution in [3.8, 4) is 0 Å². The van der Waals surface area contributed by atoms with E-state index in [2.05, 4.69) is 5.32 Å². The Hall–Kier alpha value is -0.650. The van der Waals surface area contributed by atoms with Crippen LogP contribution in [0.2, 0.25) is 0 Å². The van der Waals surface area contributed by atoms with Crippen LogP contribution in [-0.2, 0) is 14.5 Å². The van der Waals surface area contributed by atoms with Crippen LogP contribution in [-0.4, -0.2) is 37.9 Å². The van der Waals surface area contributed by atoms with Crippen LogP contribution in [0.1, 0.15) is 13.8 Å². The van der Waals surface area contributed by atoms with Crippen molar-refractivity contribution >= 4 is 5.91 Å². The molecule has 0 aromatic heterocycles. The molecule has 1 amide bonds. The minimum absolute atomic E-state index is 0.0525. The number of hydroxylamine groups is 2. The highest BCUT2D eigenvalue weighted by Gasteiger charge is 2.38. The van der Waals surface area contributed by atoms with Gasteiger partial charge in [0.2, 0.25) is 5.91 Å². The maximum atomic E-state index is 11.4. The van der Waals surface area contributed by atoms with Crippen LogP contribution in [0, 0.1) is 5.41 Å². The maximum Gasteiger partial charge on any atom is 0.230 e. The molecule has 1 heterocycles. The summed E-state index contributed by atoms with van der Waals surface area (Å²) in [4.78, 5) is 21.8. The normalized spacial score (nSPS) is 22.7. The minimum atomic E-state index is -0.569. The Kier molecular flexibility index (Phi) is 3.24. The average Bonchev–Trinajstić information content (AvgIpc) is 2.18. The van der Waals surface area contributed by atoms with Crippen LogP contribution < -0.4 is 5.32 Å². The van der Waals surface area contributed by atoms with E-state index < -0.39 is 5.41 Å². The first-order valence-corrected chi connectivity index (χ1v) is 4.38. The lowest BCUT2D eigenvalue weighted by Crippen LogP contribution is -2.50. The average molecular weight is 188 g/mol. The quantitative estimate of drug-likeness (QED) is 0.659. The van der Waals surface area contributed by atoms with Crippen molar-refractivity contribution in [3.05, 3.63) is 0 Å². The van der Waals surface area contributed by atoms with Crippen LogP contribution in [0.15, 0.2) is 0 Å². The molecule has 0 unspecified atom stereocenters. The molecule has 5 nitrogen and oxygen atoms in total. The SMILES string of the molecule is CCN1OCC(C)(C(=O)NC)CO1. The molecule has 1 aliphatic rings. The zero-order valence-corrected chi connectivity index (χ0v) is 8.29. The standard InChI is InChI=1S/C8H16N2O3/c1-4-10-12-5-8(2,6-13-10)7(11)9-3/h4-6H2,1-3H3,(H,9,11). The van der Waals surface area contributed by atoms with Crippen molar-refractivity contribution in [3.63, 3.8) is 0 Å². The van der Waals surface area contributed by atoms with E-state index in [0.29, 0.717) is 19.8 Å². The largest absolute Gasteiger partial charge is 0.359 e. The summed E-state index contributed by atoms with van der Waals surface area (Å²) in [6, 6.07) is 0. The van der Waals surface area contributed by atoms with Crippen LogP contribution in [0.25, 0.3) is 0 Å². The Labute approximate surface area is 77.9 Å². The van der Waals surface area contributed by atoms with Crippen molar-refractivity contribution in [2.75, 3.05) is 26.8 Å². The molecule has 0 saturated carbocycles. The van der Waals surface area contributed by atoms with Crippen molar-refractivity contribution in [1.82, 2.24) is 10.5 Å². The molecule has 0 aromatic carbocycles. The molecular weight excluding hydrogens is 172 g/mol. The van der Waals surface area contributed by atoms with Gasteiger partial charge in [0.15, 0.2) is 0 Å². The topological polar surface area (TPSA) is 50.8 Å². The number of nitrogens with zero attached hydrogens (tertiary/aromatic N) is 1. The molecular formula is C8H16N2O3. The molecule has 13 heavy (non-hydrogen) atoms. The first kappa shape index (κ1) is 10.4. The number of hydrogen-bond donors (Lipinski definition) is 1. The smallest absolute Gasteiger partial charge is 0.230 e. The van der Waals surface area contributed by atoms with Gasteiger partial charge >= 0.3 is 0 Å². The minimum Gasteiger partial charge on any atom is -0.359 e. The fourth-order valence-electron chi connectivity index (χ4n) is 1.12. The molecule has 76 valence electrons. The zero-order valence-electron chi connectivity index (χ0n) is 8.29. The summed E-state index contributed by atoms with van der Waals surface area (Å²) in [6.07, 6.45) is 0. The molecule has 1 fully saturated rings. The van der Waals surface area contributed by atoms with E-state index in [0.717, 1.165) is 0 Å². The highest BCUT2D eigenvalue weighted by molar-refractivity contribution is 5.82. The molecule has 1 N–H and O–H groups in total. The van der Waals surface area contributed by atoms with Crippen LogP contribution >= 0.6 is 0 Å². The van der Waals surface area contributed by atoms with Gasteiger partial charge in [0.25, 0.3) is 0 Å². The van der Waals surface area contributed by atoms with Crippen molar-refractivity contribution in [2.45, 2.75) is 13.8 Å². The Morgan fingerprint density at radius 2 is 2.08 bits per heavy atom. The summed E-state index contributed by atoms with van der Waals surface area (Å²) in [5.41, 5.74) is -0.569. The molecule has 0 spiro atoms. The lowest BCUT2D eigenvalue weighted by molar-refractivity contribution is -0.410. The number of carbonyl (C=O) groups is 1. The molecule has 0 radical (unpaired) electrons. The van der Waals surface area contributed by atoms with E-state index >= 15 is 0 Å². The second-order valence-electron chi connectivity index (χ2n) is 3.34. The molecule has 1 aliphatic heterocycles. The summed E-state index contributed by atoms with van der Waals surface area (Å²) >= 11 is 0. The molecule has 1 rings (SSSR count).